The fourth-order valence-corrected chi connectivity index (χ4v) is 2.68. The van der Waals surface area contributed by atoms with Crippen LogP contribution in [0, 0.1) is 5.82 Å². The minimum absolute atomic E-state index is 0.0858. The number of halogens is 1. The van der Waals surface area contributed by atoms with E-state index in [0.717, 1.165) is 6.26 Å². The fraction of sp³-hybridized carbons (Fsp3) is 0.188. The number of carbonyl (C=O) groups excluding carboxylic acids is 1. The molecule has 0 saturated carbocycles. The molecule has 0 heterocycles. The van der Waals surface area contributed by atoms with Gasteiger partial charge in [0, 0.05) is 11.8 Å². The van der Waals surface area contributed by atoms with Crippen molar-refractivity contribution in [1.29, 1.82) is 0 Å². The number of hydrogen-bond acceptors (Lipinski definition) is 4. The SMILES string of the molecule is CS(=O)(=O)Cc1ccc(C(=O)OCc2ccccc2F)cc1. The first-order valence-corrected chi connectivity index (χ1v) is 8.58. The predicted molar refractivity (Wildman–Crippen MR) is 80.5 cm³/mol. The molecule has 0 N–H and O–H groups in total. The summed E-state index contributed by atoms with van der Waals surface area (Å²) < 4.78 is 40.8. The van der Waals surface area contributed by atoms with Crippen LogP contribution in [0.25, 0.3) is 0 Å². The van der Waals surface area contributed by atoms with Gasteiger partial charge in [0.1, 0.15) is 12.4 Å². The van der Waals surface area contributed by atoms with Gasteiger partial charge in [-0.05, 0) is 23.8 Å². The van der Waals surface area contributed by atoms with Gasteiger partial charge in [-0.3, -0.25) is 0 Å². The van der Waals surface area contributed by atoms with Crippen molar-refractivity contribution in [2.45, 2.75) is 12.4 Å². The standard InChI is InChI=1S/C16H15FO4S/c1-22(19,20)11-12-6-8-13(9-7-12)16(18)21-10-14-4-2-3-5-15(14)17/h2-9H,10-11H2,1H3. The summed E-state index contributed by atoms with van der Waals surface area (Å²) in [5.41, 5.74) is 1.17. The minimum Gasteiger partial charge on any atom is -0.457 e. The minimum atomic E-state index is -3.12. The molecule has 0 spiro atoms. The third kappa shape index (κ3) is 4.66. The first-order valence-electron chi connectivity index (χ1n) is 6.52. The van der Waals surface area contributed by atoms with E-state index in [2.05, 4.69) is 0 Å². The van der Waals surface area contributed by atoms with Crippen molar-refractivity contribution in [2.75, 3.05) is 6.26 Å². The summed E-state index contributed by atoms with van der Waals surface area (Å²) in [6.07, 6.45) is 1.14. The van der Waals surface area contributed by atoms with Crippen LogP contribution in [0.2, 0.25) is 0 Å². The molecule has 22 heavy (non-hydrogen) atoms. The van der Waals surface area contributed by atoms with Gasteiger partial charge in [-0.15, -0.1) is 0 Å². The van der Waals surface area contributed by atoms with Gasteiger partial charge in [-0.2, -0.15) is 0 Å². The Hall–Kier alpha value is -2.21. The lowest BCUT2D eigenvalue weighted by Gasteiger charge is -2.06. The smallest absolute Gasteiger partial charge is 0.338 e. The Bertz CT molecular complexity index is 767. The molecule has 0 unspecified atom stereocenters. The van der Waals surface area contributed by atoms with Crippen LogP contribution in [0.4, 0.5) is 4.39 Å². The van der Waals surface area contributed by atoms with Gasteiger partial charge in [0.2, 0.25) is 0 Å². The molecule has 0 radical (unpaired) electrons. The number of ether oxygens (including phenoxy) is 1. The van der Waals surface area contributed by atoms with Crippen LogP contribution < -0.4 is 0 Å². The van der Waals surface area contributed by atoms with Gasteiger partial charge in [-0.1, -0.05) is 30.3 Å². The van der Waals surface area contributed by atoms with E-state index in [-0.39, 0.29) is 17.9 Å². The second-order valence-corrected chi connectivity index (χ2v) is 7.07. The summed E-state index contributed by atoms with van der Waals surface area (Å²) in [6, 6.07) is 12.1. The highest BCUT2D eigenvalue weighted by molar-refractivity contribution is 7.89. The maximum Gasteiger partial charge on any atom is 0.338 e. The molecule has 6 heteroatoms. The molecule has 116 valence electrons. The van der Waals surface area contributed by atoms with Gasteiger partial charge < -0.3 is 4.74 Å². The van der Waals surface area contributed by atoms with Crippen molar-refractivity contribution in [2.24, 2.45) is 0 Å². The molecule has 4 nitrogen and oxygen atoms in total. The zero-order chi connectivity index (χ0) is 16.2. The lowest BCUT2D eigenvalue weighted by molar-refractivity contribution is 0.0469. The van der Waals surface area contributed by atoms with Crippen molar-refractivity contribution < 1.29 is 22.3 Å². The summed E-state index contributed by atoms with van der Waals surface area (Å²) in [5, 5.41) is 0. The van der Waals surface area contributed by atoms with Crippen LogP contribution in [-0.2, 0) is 26.9 Å². The van der Waals surface area contributed by atoms with E-state index in [0.29, 0.717) is 11.1 Å². The Kier molecular flexibility index (Phi) is 4.92. The average Bonchev–Trinajstić information content (AvgIpc) is 2.45. The fourth-order valence-electron chi connectivity index (χ4n) is 1.88. The van der Waals surface area contributed by atoms with Crippen LogP contribution in [0.3, 0.4) is 0 Å². The quantitative estimate of drug-likeness (QED) is 0.794. The summed E-state index contributed by atoms with van der Waals surface area (Å²) in [5.74, 6) is -1.11. The van der Waals surface area contributed by atoms with Crippen LogP contribution in [0.1, 0.15) is 21.5 Å². The first-order chi connectivity index (χ1) is 10.3. The molecule has 0 bridgehead atoms. The molecule has 0 aliphatic heterocycles. The Labute approximate surface area is 128 Å². The monoisotopic (exact) mass is 322 g/mol. The van der Waals surface area contributed by atoms with E-state index in [1.807, 2.05) is 0 Å². The predicted octanol–water partition coefficient (Wildman–Crippen LogP) is 2.73. The summed E-state index contributed by atoms with van der Waals surface area (Å²) in [6.45, 7) is -0.156. The van der Waals surface area contributed by atoms with Crippen LogP contribution >= 0.6 is 0 Å². The number of hydrogen-bond donors (Lipinski definition) is 0. The summed E-state index contributed by atoms with van der Waals surface area (Å²) in [7, 11) is -3.12. The maximum atomic E-state index is 13.4. The molecule has 2 aromatic rings. The van der Waals surface area contributed by atoms with E-state index in [9.17, 15) is 17.6 Å². The Morgan fingerprint density at radius 2 is 1.73 bits per heavy atom. The number of carbonyl (C=O) groups is 1. The van der Waals surface area contributed by atoms with E-state index in [4.69, 9.17) is 4.74 Å². The van der Waals surface area contributed by atoms with E-state index >= 15 is 0 Å². The zero-order valence-electron chi connectivity index (χ0n) is 12.0. The molecular weight excluding hydrogens is 307 g/mol. The van der Waals surface area contributed by atoms with Crippen LogP contribution in [0.5, 0.6) is 0 Å². The summed E-state index contributed by atoms with van der Waals surface area (Å²) >= 11 is 0. The number of rotatable bonds is 5. The van der Waals surface area contributed by atoms with Crippen LogP contribution in [0.15, 0.2) is 48.5 Å². The Morgan fingerprint density at radius 3 is 2.32 bits per heavy atom. The van der Waals surface area contributed by atoms with Gasteiger partial charge >= 0.3 is 5.97 Å². The molecule has 0 aliphatic carbocycles. The zero-order valence-corrected chi connectivity index (χ0v) is 12.8. The van der Waals surface area contributed by atoms with Gasteiger partial charge in [0.05, 0.1) is 11.3 Å². The van der Waals surface area contributed by atoms with Gasteiger partial charge in [-0.25, -0.2) is 17.6 Å². The van der Waals surface area contributed by atoms with E-state index in [1.165, 1.54) is 24.3 Å². The normalized spacial score (nSPS) is 11.2. The largest absolute Gasteiger partial charge is 0.457 e. The lowest BCUT2D eigenvalue weighted by atomic mass is 10.1. The van der Waals surface area contributed by atoms with Crippen molar-refractivity contribution in [3.8, 4) is 0 Å². The van der Waals surface area contributed by atoms with E-state index < -0.39 is 21.6 Å². The highest BCUT2D eigenvalue weighted by Gasteiger charge is 2.10. The molecule has 0 aromatic heterocycles. The van der Waals surface area contributed by atoms with Gasteiger partial charge in [0.25, 0.3) is 0 Å². The van der Waals surface area contributed by atoms with Crippen molar-refractivity contribution in [1.82, 2.24) is 0 Å². The molecule has 2 rings (SSSR count). The summed E-state index contributed by atoms with van der Waals surface area (Å²) in [4.78, 5) is 11.9. The molecule has 0 fully saturated rings. The lowest BCUT2D eigenvalue weighted by Crippen LogP contribution is -2.07. The number of sulfone groups is 1. The van der Waals surface area contributed by atoms with E-state index in [1.54, 1.807) is 24.3 Å². The average molecular weight is 322 g/mol. The van der Waals surface area contributed by atoms with Crippen molar-refractivity contribution in [3.05, 3.63) is 71.0 Å². The number of esters is 1. The third-order valence-electron chi connectivity index (χ3n) is 2.94. The molecular formula is C16H15FO4S. The second-order valence-electron chi connectivity index (χ2n) is 4.93. The Morgan fingerprint density at radius 1 is 1.09 bits per heavy atom. The highest BCUT2D eigenvalue weighted by Crippen LogP contribution is 2.12. The first kappa shape index (κ1) is 16.2. The second kappa shape index (κ2) is 6.70. The topological polar surface area (TPSA) is 60.4 Å². The van der Waals surface area contributed by atoms with Crippen molar-refractivity contribution in [3.63, 3.8) is 0 Å². The highest BCUT2D eigenvalue weighted by atomic mass is 32.2. The molecule has 0 aliphatic rings. The molecule has 0 atom stereocenters. The molecule has 0 amide bonds. The maximum absolute atomic E-state index is 13.4. The van der Waals surface area contributed by atoms with Gasteiger partial charge in [0.15, 0.2) is 9.84 Å². The Balaban J connectivity index is 2.00. The van der Waals surface area contributed by atoms with Crippen LogP contribution in [-0.4, -0.2) is 20.6 Å². The third-order valence-corrected chi connectivity index (χ3v) is 3.79. The number of benzene rings is 2. The molecule has 0 saturated heterocycles. The molecule has 2 aromatic carbocycles. The van der Waals surface area contributed by atoms with Crippen molar-refractivity contribution >= 4 is 15.8 Å².